The third-order valence-corrected chi connectivity index (χ3v) is 3.76. The molecule has 0 aliphatic carbocycles. The molecule has 0 aliphatic heterocycles. The van der Waals surface area contributed by atoms with Gasteiger partial charge < -0.3 is 15.5 Å². The number of hydrogen-bond acceptors (Lipinski definition) is 6. The molecule has 0 bridgehead atoms. The van der Waals surface area contributed by atoms with E-state index in [1.807, 2.05) is 30.3 Å². The van der Waals surface area contributed by atoms with Crippen LogP contribution in [0.15, 0.2) is 11.4 Å². The van der Waals surface area contributed by atoms with Gasteiger partial charge in [-0.2, -0.15) is 4.98 Å². The van der Waals surface area contributed by atoms with Crippen LogP contribution in [0.5, 0.6) is 0 Å². The average Bonchev–Trinajstić information content (AvgIpc) is 2.92. The Morgan fingerprint density at radius 1 is 1.38 bits per heavy atom. The van der Waals surface area contributed by atoms with E-state index in [0.717, 1.165) is 29.0 Å². The van der Waals surface area contributed by atoms with Crippen LogP contribution in [0.3, 0.4) is 0 Å². The Balaban J connectivity index is 2.27. The van der Waals surface area contributed by atoms with Gasteiger partial charge in [-0.15, -0.1) is 11.3 Å². The molecule has 0 aliphatic rings. The van der Waals surface area contributed by atoms with Gasteiger partial charge in [-0.3, -0.25) is 4.79 Å². The topological polar surface area (TPSA) is 70.2 Å². The summed E-state index contributed by atoms with van der Waals surface area (Å²) in [7, 11) is 1.87. The lowest BCUT2D eigenvalue weighted by Gasteiger charge is -2.19. The molecule has 0 unspecified atom stereocenters. The maximum atomic E-state index is 11.7. The van der Waals surface area contributed by atoms with Crippen molar-refractivity contribution >= 4 is 39.2 Å². The summed E-state index contributed by atoms with van der Waals surface area (Å²) in [6.45, 7) is 5.75. The summed E-state index contributed by atoms with van der Waals surface area (Å²) >= 11 is 1.58. The maximum Gasteiger partial charge on any atom is 0.239 e. The van der Waals surface area contributed by atoms with Gasteiger partial charge >= 0.3 is 0 Å². The molecule has 0 saturated carbocycles. The van der Waals surface area contributed by atoms with Crippen LogP contribution >= 0.6 is 11.3 Å². The van der Waals surface area contributed by atoms with E-state index >= 15 is 0 Å². The van der Waals surface area contributed by atoms with E-state index in [9.17, 15) is 4.79 Å². The third kappa shape index (κ3) is 3.81. The number of nitrogens with zero attached hydrogens (tertiary/aromatic N) is 3. The fraction of sp³-hybridized carbons (Fsp3) is 0.500. The minimum Gasteiger partial charge on any atom is -0.355 e. The molecule has 0 atom stereocenters. The summed E-state index contributed by atoms with van der Waals surface area (Å²) in [5, 5.41) is 8.98. The molecule has 2 rings (SSSR count). The van der Waals surface area contributed by atoms with Crippen LogP contribution in [0.4, 0.5) is 11.8 Å². The summed E-state index contributed by atoms with van der Waals surface area (Å²) in [5.41, 5.74) is 0. The van der Waals surface area contributed by atoms with E-state index in [-0.39, 0.29) is 12.5 Å². The van der Waals surface area contributed by atoms with Crippen molar-refractivity contribution < 1.29 is 4.79 Å². The van der Waals surface area contributed by atoms with Crippen LogP contribution in [-0.4, -0.2) is 42.6 Å². The molecular formula is C14H21N5OS. The Morgan fingerprint density at radius 3 is 2.90 bits per heavy atom. The van der Waals surface area contributed by atoms with Gasteiger partial charge in [0.25, 0.3) is 0 Å². The lowest BCUT2D eigenvalue weighted by molar-refractivity contribution is -0.119. The van der Waals surface area contributed by atoms with E-state index in [1.54, 1.807) is 11.3 Å². The Hall–Kier alpha value is -1.89. The molecule has 6 nitrogen and oxygen atoms in total. The number of anilines is 2. The Morgan fingerprint density at radius 2 is 2.19 bits per heavy atom. The van der Waals surface area contributed by atoms with Crippen molar-refractivity contribution in [2.45, 2.75) is 20.3 Å². The molecule has 2 N–H and O–H groups in total. The zero-order valence-corrected chi connectivity index (χ0v) is 13.5. The van der Waals surface area contributed by atoms with Crippen LogP contribution in [0.25, 0.3) is 10.2 Å². The van der Waals surface area contributed by atoms with Crippen molar-refractivity contribution in [3.05, 3.63) is 11.4 Å². The number of thiophene rings is 1. The molecule has 2 aromatic rings. The average molecular weight is 307 g/mol. The smallest absolute Gasteiger partial charge is 0.239 e. The van der Waals surface area contributed by atoms with Gasteiger partial charge in [-0.05, 0) is 24.8 Å². The zero-order chi connectivity index (χ0) is 15.2. The highest BCUT2D eigenvalue weighted by Crippen LogP contribution is 2.28. The molecule has 114 valence electrons. The quantitative estimate of drug-likeness (QED) is 0.819. The summed E-state index contributed by atoms with van der Waals surface area (Å²) in [5.74, 6) is 1.39. The van der Waals surface area contributed by atoms with Gasteiger partial charge in [0.05, 0.1) is 11.9 Å². The fourth-order valence-electron chi connectivity index (χ4n) is 1.99. The number of amides is 1. The number of carbonyl (C=O) groups excluding carboxylic acids is 1. The number of carbonyl (C=O) groups is 1. The summed E-state index contributed by atoms with van der Waals surface area (Å²) in [4.78, 5) is 23.6. The first kappa shape index (κ1) is 15.5. The summed E-state index contributed by atoms with van der Waals surface area (Å²) < 4.78 is 0. The van der Waals surface area contributed by atoms with Gasteiger partial charge in [0.2, 0.25) is 11.9 Å². The van der Waals surface area contributed by atoms with Crippen molar-refractivity contribution in [1.29, 1.82) is 0 Å². The third-order valence-electron chi connectivity index (χ3n) is 2.95. The lowest BCUT2D eigenvalue weighted by Crippen LogP contribution is -2.35. The van der Waals surface area contributed by atoms with Gasteiger partial charge in [0.15, 0.2) is 0 Å². The Bertz CT molecular complexity index is 612. The zero-order valence-electron chi connectivity index (χ0n) is 12.6. The van der Waals surface area contributed by atoms with Crippen LogP contribution in [0.1, 0.15) is 20.3 Å². The van der Waals surface area contributed by atoms with Crippen LogP contribution in [-0.2, 0) is 4.79 Å². The standard InChI is InChI=1S/C14H21N5OS/c1-4-7-16-14-17-12(10-6-8-21-13(10)18-14)19(3)9-11(20)15-5-2/h6,8H,4-5,7,9H2,1-3H3,(H,15,20)(H,16,17,18). The molecule has 0 spiro atoms. The highest BCUT2D eigenvalue weighted by Gasteiger charge is 2.14. The second-order valence-corrected chi connectivity index (χ2v) is 5.64. The molecule has 0 radical (unpaired) electrons. The SMILES string of the molecule is CCCNc1nc(N(C)CC(=O)NCC)c2ccsc2n1. The van der Waals surface area contributed by atoms with Crippen LogP contribution in [0, 0.1) is 0 Å². The number of likely N-dealkylation sites (N-methyl/N-ethyl adjacent to an activating group) is 2. The van der Waals surface area contributed by atoms with Crippen molar-refractivity contribution in [2.75, 3.05) is 36.9 Å². The number of aromatic nitrogens is 2. The predicted octanol–water partition coefficient (Wildman–Crippen LogP) is 2.09. The van der Waals surface area contributed by atoms with Crippen molar-refractivity contribution in [3.63, 3.8) is 0 Å². The van der Waals surface area contributed by atoms with Crippen LogP contribution in [0.2, 0.25) is 0 Å². The van der Waals surface area contributed by atoms with Crippen LogP contribution < -0.4 is 15.5 Å². The second-order valence-electron chi connectivity index (χ2n) is 4.75. The minimum absolute atomic E-state index is 0.00920. The van der Waals surface area contributed by atoms with E-state index < -0.39 is 0 Å². The molecule has 0 aromatic carbocycles. The molecule has 0 saturated heterocycles. The molecule has 21 heavy (non-hydrogen) atoms. The monoisotopic (exact) mass is 307 g/mol. The van der Waals surface area contributed by atoms with Gasteiger partial charge in [0.1, 0.15) is 10.6 Å². The van der Waals surface area contributed by atoms with E-state index in [1.165, 1.54) is 0 Å². The molecule has 2 heterocycles. The molecule has 1 amide bonds. The van der Waals surface area contributed by atoms with Gasteiger partial charge in [-0.1, -0.05) is 6.92 Å². The maximum absolute atomic E-state index is 11.7. The van der Waals surface area contributed by atoms with Gasteiger partial charge in [0, 0.05) is 20.1 Å². The summed E-state index contributed by atoms with van der Waals surface area (Å²) in [6, 6.07) is 1.99. The Kier molecular flexibility index (Phi) is 5.32. The lowest BCUT2D eigenvalue weighted by atomic mass is 10.3. The largest absolute Gasteiger partial charge is 0.355 e. The van der Waals surface area contributed by atoms with Crippen molar-refractivity contribution in [2.24, 2.45) is 0 Å². The fourth-order valence-corrected chi connectivity index (χ4v) is 2.75. The first-order valence-corrected chi connectivity index (χ1v) is 8.00. The summed E-state index contributed by atoms with van der Waals surface area (Å²) in [6.07, 6.45) is 1.01. The minimum atomic E-state index is -0.00920. The highest BCUT2D eigenvalue weighted by atomic mass is 32.1. The number of hydrogen-bond donors (Lipinski definition) is 2. The molecular weight excluding hydrogens is 286 g/mol. The van der Waals surface area contributed by atoms with E-state index in [4.69, 9.17) is 0 Å². The number of nitrogens with one attached hydrogen (secondary N) is 2. The predicted molar refractivity (Wildman–Crippen MR) is 88.1 cm³/mol. The molecule has 2 aromatic heterocycles. The van der Waals surface area contributed by atoms with Crippen molar-refractivity contribution in [1.82, 2.24) is 15.3 Å². The highest BCUT2D eigenvalue weighted by molar-refractivity contribution is 7.16. The van der Waals surface area contributed by atoms with Gasteiger partial charge in [-0.25, -0.2) is 4.98 Å². The van der Waals surface area contributed by atoms with Crippen molar-refractivity contribution in [3.8, 4) is 0 Å². The normalized spacial score (nSPS) is 10.6. The van der Waals surface area contributed by atoms with E-state index in [2.05, 4.69) is 27.5 Å². The second kappa shape index (κ2) is 7.21. The molecule has 0 fully saturated rings. The first-order valence-electron chi connectivity index (χ1n) is 7.12. The molecule has 7 heteroatoms. The Labute approximate surface area is 128 Å². The van der Waals surface area contributed by atoms with E-state index in [0.29, 0.717) is 12.5 Å². The number of rotatable bonds is 7. The first-order chi connectivity index (χ1) is 10.2. The number of fused-ring (bicyclic) bond motifs is 1.